The summed E-state index contributed by atoms with van der Waals surface area (Å²) in [5, 5.41) is 16.1. The molecule has 5 nitrogen and oxygen atoms in total. The van der Waals surface area contributed by atoms with E-state index in [1.165, 1.54) is 5.38 Å². The largest absolute Gasteiger partial charge is 0.335 e. The van der Waals surface area contributed by atoms with E-state index >= 15 is 0 Å². The summed E-state index contributed by atoms with van der Waals surface area (Å²) in [7, 11) is 0. The van der Waals surface area contributed by atoms with Crippen molar-refractivity contribution in [2.75, 3.05) is 5.32 Å². The van der Waals surface area contributed by atoms with Crippen LogP contribution >= 0.6 is 11.3 Å². The molecule has 120 valence electrons. The molecule has 0 saturated heterocycles. The SMILES string of the molecule is CCCC(C#N)NC(=O)c1csc(Nc2cc(F)cc(F)c2)n1. The van der Waals surface area contributed by atoms with Gasteiger partial charge in [0.15, 0.2) is 5.13 Å². The first-order chi connectivity index (χ1) is 11.0. The van der Waals surface area contributed by atoms with Crippen LogP contribution in [0.2, 0.25) is 0 Å². The zero-order chi connectivity index (χ0) is 16.8. The monoisotopic (exact) mass is 336 g/mol. The maximum atomic E-state index is 13.1. The Labute approximate surface area is 136 Å². The lowest BCUT2D eigenvalue weighted by Crippen LogP contribution is -2.33. The number of carbonyl (C=O) groups excluding carboxylic acids is 1. The number of halogens is 2. The lowest BCUT2D eigenvalue weighted by molar-refractivity contribution is 0.0939. The van der Waals surface area contributed by atoms with Gasteiger partial charge in [-0.2, -0.15) is 5.26 Å². The molecule has 1 atom stereocenters. The van der Waals surface area contributed by atoms with E-state index in [0.717, 1.165) is 36.0 Å². The van der Waals surface area contributed by atoms with Crippen molar-refractivity contribution in [3.63, 3.8) is 0 Å². The second kappa shape index (κ2) is 7.65. The number of rotatable bonds is 6. The van der Waals surface area contributed by atoms with Crippen molar-refractivity contribution in [1.82, 2.24) is 10.3 Å². The minimum atomic E-state index is -0.710. The van der Waals surface area contributed by atoms with Crippen LogP contribution in [0.25, 0.3) is 0 Å². The first-order valence-corrected chi connectivity index (χ1v) is 7.79. The van der Waals surface area contributed by atoms with Crippen molar-refractivity contribution in [1.29, 1.82) is 5.26 Å². The maximum Gasteiger partial charge on any atom is 0.271 e. The molecule has 0 bridgehead atoms. The van der Waals surface area contributed by atoms with Gasteiger partial charge in [-0.3, -0.25) is 4.79 Å². The number of carbonyl (C=O) groups is 1. The van der Waals surface area contributed by atoms with E-state index in [-0.39, 0.29) is 11.4 Å². The van der Waals surface area contributed by atoms with Gasteiger partial charge in [0.05, 0.1) is 6.07 Å². The molecule has 2 aromatic rings. The predicted octanol–water partition coefficient (Wildman–Crippen LogP) is 3.59. The molecular formula is C15H14F2N4OS. The number of hydrogen-bond acceptors (Lipinski definition) is 5. The smallest absolute Gasteiger partial charge is 0.271 e. The zero-order valence-corrected chi connectivity index (χ0v) is 13.1. The first-order valence-electron chi connectivity index (χ1n) is 6.91. The van der Waals surface area contributed by atoms with E-state index in [0.29, 0.717) is 11.6 Å². The molecule has 0 saturated carbocycles. The van der Waals surface area contributed by atoms with Crippen molar-refractivity contribution < 1.29 is 13.6 Å². The second-order valence-corrected chi connectivity index (χ2v) is 5.62. The molecule has 0 radical (unpaired) electrons. The van der Waals surface area contributed by atoms with Gasteiger partial charge < -0.3 is 10.6 Å². The summed E-state index contributed by atoms with van der Waals surface area (Å²) in [6.45, 7) is 1.92. The number of nitrogens with one attached hydrogen (secondary N) is 2. The maximum absolute atomic E-state index is 13.1. The molecule has 0 spiro atoms. The van der Waals surface area contributed by atoms with E-state index in [1.807, 2.05) is 13.0 Å². The molecule has 8 heteroatoms. The van der Waals surface area contributed by atoms with E-state index in [2.05, 4.69) is 15.6 Å². The number of nitriles is 1. The molecule has 1 unspecified atom stereocenters. The van der Waals surface area contributed by atoms with Crippen LogP contribution in [0.1, 0.15) is 30.3 Å². The summed E-state index contributed by atoms with van der Waals surface area (Å²) in [5.41, 5.74) is 0.343. The van der Waals surface area contributed by atoms with E-state index in [1.54, 1.807) is 0 Å². The Kier molecular flexibility index (Phi) is 5.60. The molecular weight excluding hydrogens is 322 g/mol. The first kappa shape index (κ1) is 16.8. The van der Waals surface area contributed by atoms with E-state index in [9.17, 15) is 13.6 Å². The fourth-order valence-corrected chi connectivity index (χ4v) is 2.59. The summed E-state index contributed by atoms with van der Waals surface area (Å²) in [4.78, 5) is 16.1. The van der Waals surface area contributed by atoms with Crippen molar-refractivity contribution in [3.8, 4) is 6.07 Å². The van der Waals surface area contributed by atoms with Crippen molar-refractivity contribution in [2.24, 2.45) is 0 Å². The summed E-state index contributed by atoms with van der Waals surface area (Å²) in [5.74, 6) is -1.88. The Morgan fingerprint density at radius 3 is 2.70 bits per heavy atom. The molecule has 0 aliphatic carbocycles. The topological polar surface area (TPSA) is 77.8 Å². The van der Waals surface area contributed by atoms with Gasteiger partial charge in [-0.1, -0.05) is 13.3 Å². The highest BCUT2D eigenvalue weighted by molar-refractivity contribution is 7.14. The predicted molar refractivity (Wildman–Crippen MR) is 83.5 cm³/mol. The molecule has 0 fully saturated rings. The van der Waals surface area contributed by atoms with E-state index in [4.69, 9.17) is 5.26 Å². The number of anilines is 2. The quantitative estimate of drug-likeness (QED) is 0.845. The Bertz CT molecular complexity index is 721. The third-order valence-corrected chi connectivity index (χ3v) is 3.65. The Hall–Kier alpha value is -2.53. The number of thiazole rings is 1. The van der Waals surface area contributed by atoms with Gasteiger partial charge in [0.2, 0.25) is 0 Å². The number of amides is 1. The van der Waals surface area contributed by atoms with Crippen molar-refractivity contribution in [2.45, 2.75) is 25.8 Å². The fraction of sp³-hybridized carbons (Fsp3) is 0.267. The molecule has 23 heavy (non-hydrogen) atoms. The molecule has 1 aromatic carbocycles. The summed E-state index contributed by atoms with van der Waals surface area (Å²) >= 11 is 1.12. The third kappa shape index (κ3) is 4.72. The molecule has 1 aromatic heterocycles. The Morgan fingerprint density at radius 2 is 2.09 bits per heavy atom. The second-order valence-electron chi connectivity index (χ2n) is 4.76. The molecule has 1 amide bonds. The minimum absolute atomic E-state index is 0.144. The van der Waals surface area contributed by atoms with Gasteiger partial charge >= 0.3 is 0 Å². The standard InChI is InChI=1S/C15H14F2N4OS/c1-2-3-11(7-18)19-14(22)13-8-23-15(21-13)20-12-5-9(16)4-10(17)6-12/h4-6,8,11H,2-3H2,1H3,(H,19,22)(H,20,21). The number of aromatic nitrogens is 1. The molecule has 2 rings (SSSR count). The van der Waals surface area contributed by atoms with Crippen LogP contribution in [0.5, 0.6) is 0 Å². The van der Waals surface area contributed by atoms with Gasteiger partial charge in [0.1, 0.15) is 23.4 Å². The molecule has 1 heterocycles. The average molecular weight is 336 g/mol. The minimum Gasteiger partial charge on any atom is -0.335 e. The number of benzene rings is 1. The van der Waals surface area contributed by atoms with Crippen LogP contribution in [-0.4, -0.2) is 16.9 Å². The lowest BCUT2D eigenvalue weighted by Gasteiger charge is -2.08. The van der Waals surface area contributed by atoms with Crippen LogP contribution in [0.4, 0.5) is 19.6 Å². The number of nitrogens with zero attached hydrogens (tertiary/aromatic N) is 2. The third-order valence-electron chi connectivity index (χ3n) is 2.89. The molecule has 0 aliphatic rings. The van der Waals surface area contributed by atoms with Crippen LogP contribution in [0.15, 0.2) is 23.6 Å². The molecule has 0 aliphatic heterocycles. The highest BCUT2D eigenvalue weighted by Crippen LogP contribution is 2.22. The average Bonchev–Trinajstić information content (AvgIpc) is 2.94. The fourth-order valence-electron chi connectivity index (χ4n) is 1.87. The van der Waals surface area contributed by atoms with E-state index < -0.39 is 23.6 Å². The summed E-state index contributed by atoms with van der Waals surface area (Å²) < 4.78 is 26.3. The molecule has 2 N–H and O–H groups in total. The summed E-state index contributed by atoms with van der Waals surface area (Å²) in [6, 6.07) is 4.45. The van der Waals surface area contributed by atoms with Crippen molar-refractivity contribution >= 4 is 28.1 Å². The zero-order valence-electron chi connectivity index (χ0n) is 12.3. The van der Waals surface area contributed by atoms with Crippen LogP contribution in [0.3, 0.4) is 0 Å². The van der Waals surface area contributed by atoms with Gasteiger partial charge in [0, 0.05) is 17.1 Å². The highest BCUT2D eigenvalue weighted by Gasteiger charge is 2.15. The van der Waals surface area contributed by atoms with Gasteiger partial charge in [-0.15, -0.1) is 11.3 Å². The summed E-state index contributed by atoms with van der Waals surface area (Å²) in [6.07, 6.45) is 1.33. The highest BCUT2D eigenvalue weighted by atomic mass is 32.1. The lowest BCUT2D eigenvalue weighted by atomic mass is 10.2. The van der Waals surface area contributed by atoms with Gasteiger partial charge in [-0.05, 0) is 18.6 Å². The Balaban J connectivity index is 2.05. The van der Waals surface area contributed by atoms with Crippen LogP contribution < -0.4 is 10.6 Å². The van der Waals surface area contributed by atoms with Crippen LogP contribution in [-0.2, 0) is 0 Å². The van der Waals surface area contributed by atoms with Crippen LogP contribution in [0, 0.1) is 23.0 Å². The van der Waals surface area contributed by atoms with Crippen molar-refractivity contribution in [3.05, 3.63) is 40.9 Å². The normalized spacial score (nSPS) is 11.6. The van der Waals surface area contributed by atoms with Gasteiger partial charge in [-0.25, -0.2) is 13.8 Å². The van der Waals surface area contributed by atoms with Gasteiger partial charge in [0.25, 0.3) is 5.91 Å². The Morgan fingerprint density at radius 1 is 1.39 bits per heavy atom. The number of hydrogen-bond donors (Lipinski definition) is 2.